The Labute approximate surface area is 269 Å². The molecule has 0 aliphatic rings. The summed E-state index contributed by atoms with van der Waals surface area (Å²) in [5.74, 6) is -1.49. The summed E-state index contributed by atoms with van der Waals surface area (Å²) in [4.78, 5) is 26.2. The number of ether oxygens (including phenoxy) is 4. The Morgan fingerprint density at radius 3 is 1.94 bits per heavy atom. The lowest BCUT2D eigenvalue weighted by Crippen LogP contribution is -2.48. The van der Waals surface area contributed by atoms with Crippen LogP contribution in [0.3, 0.4) is 0 Å². The molecule has 2 atom stereocenters. The van der Waals surface area contributed by atoms with Crippen molar-refractivity contribution >= 4 is 16.9 Å². The van der Waals surface area contributed by atoms with Gasteiger partial charge in [0.25, 0.3) is 0 Å². The number of methoxy groups -OCH3 is 1. The Hall–Kier alpha value is -3.90. The van der Waals surface area contributed by atoms with Gasteiger partial charge in [-0.1, -0.05) is 41.5 Å². The largest absolute Gasteiger partial charge is 0.573 e. The fraction of sp³-hybridized carbons (Fsp3) is 0.529. The smallest absolute Gasteiger partial charge is 0.497 e. The van der Waals surface area contributed by atoms with Gasteiger partial charge in [0.2, 0.25) is 0 Å². The summed E-state index contributed by atoms with van der Waals surface area (Å²) in [5.41, 5.74) is -6.21. The molecule has 0 amide bonds. The molecule has 0 fully saturated rings. The molecule has 260 valence electrons. The summed E-state index contributed by atoms with van der Waals surface area (Å²) in [7, 11) is 1.25. The molecule has 13 heteroatoms. The normalized spacial score (nSPS) is 15.5. The summed E-state index contributed by atoms with van der Waals surface area (Å²) in [5, 5.41) is 0.244. The molecular weight excluding hydrogens is 634 g/mol. The first-order valence-corrected chi connectivity index (χ1v) is 14.7. The van der Waals surface area contributed by atoms with Crippen LogP contribution in [0.1, 0.15) is 61.8 Å². The first kappa shape index (κ1) is 37.6. The van der Waals surface area contributed by atoms with E-state index in [1.807, 2.05) is 41.5 Å². The Bertz CT molecular complexity index is 1650. The third-order valence-electron chi connectivity index (χ3n) is 8.17. The number of alkyl halides is 6. The maximum atomic E-state index is 14.3. The van der Waals surface area contributed by atoms with Gasteiger partial charge in [0.1, 0.15) is 41.5 Å². The summed E-state index contributed by atoms with van der Waals surface area (Å²) in [6, 6.07) is 8.64. The number of benzene rings is 2. The van der Waals surface area contributed by atoms with E-state index >= 15 is 0 Å². The monoisotopic (exact) mass is 674 g/mol. The number of fused-ring (bicyclic) bond motifs is 1. The maximum absolute atomic E-state index is 14.3. The number of halogens is 6. The van der Waals surface area contributed by atoms with Gasteiger partial charge in [-0.3, -0.25) is 4.79 Å². The SMILES string of the molecule is COc1ccc(-c2cc3ccc(OCC(C)(COC(=O)C(C)(CC(C)(C)C)C(C)(C)C)C(F)(F)F)cc3oc2=O)c(OC(F)(F)F)c1. The zero-order chi connectivity index (χ0) is 35.8. The predicted octanol–water partition coefficient (Wildman–Crippen LogP) is 9.35. The minimum absolute atomic E-state index is 0.0497. The number of hydrogen-bond acceptors (Lipinski definition) is 7. The summed E-state index contributed by atoms with van der Waals surface area (Å²) >= 11 is 0. The molecule has 7 nitrogen and oxygen atoms in total. The van der Waals surface area contributed by atoms with E-state index in [9.17, 15) is 35.9 Å². The van der Waals surface area contributed by atoms with Crippen LogP contribution in [0.25, 0.3) is 22.1 Å². The third kappa shape index (κ3) is 8.92. The highest BCUT2D eigenvalue weighted by atomic mass is 19.4. The fourth-order valence-corrected chi connectivity index (χ4v) is 4.97. The topological polar surface area (TPSA) is 84.2 Å². The fourth-order valence-electron chi connectivity index (χ4n) is 4.97. The van der Waals surface area contributed by atoms with E-state index in [0.29, 0.717) is 6.42 Å². The number of rotatable bonds is 10. The molecule has 0 radical (unpaired) electrons. The van der Waals surface area contributed by atoms with Crippen LogP contribution in [0.15, 0.2) is 51.7 Å². The molecule has 2 unspecified atom stereocenters. The molecule has 1 heterocycles. The van der Waals surface area contributed by atoms with Crippen LogP contribution < -0.4 is 19.8 Å². The molecule has 47 heavy (non-hydrogen) atoms. The van der Waals surface area contributed by atoms with E-state index in [4.69, 9.17) is 18.6 Å². The van der Waals surface area contributed by atoms with Crippen LogP contribution in [0.4, 0.5) is 26.3 Å². The lowest BCUT2D eigenvalue weighted by Gasteiger charge is -2.44. The number of carbonyl (C=O) groups excluding carboxylic acids is 1. The van der Waals surface area contributed by atoms with Gasteiger partial charge >= 0.3 is 24.1 Å². The second-order valence-electron chi connectivity index (χ2n) is 14.3. The molecule has 0 spiro atoms. The highest BCUT2D eigenvalue weighted by Gasteiger charge is 2.55. The first-order valence-electron chi connectivity index (χ1n) is 14.7. The molecule has 0 saturated heterocycles. The van der Waals surface area contributed by atoms with Gasteiger partial charge in [-0.2, -0.15) is 13.2 Å². The van der Waals surface area contributed by atoms with Crippen molar-refractivity contribution in [3.05, 3.63) is 52.9 Å². The van der Waals surface area contributed by atoms with Crippen LogP contribution in [0.2, 0.25) is 0 Å². The minimum Gasteiger partial charge on any atom is -0.497 e. The summed E-state index contributed by atoms with van der Waals surface area (Å²) < 4.78 is 107. The van der Waals surface area contributed by atoms with E-state index in [2.05, 4.69) is 4.74 Å². The maximum Gasteiger partial charge on any atom is 0.573 e. The van der Waals surface area contributed by atoms with E-state index in [-0.39, 0.29) is 39.0 Å². The van der Waals surface area contributed by atoms with E-state index < -0.39 is 59.3 Å². The first-order chi connectivity index (χ1) is 21.3. The van der Waals surface area contributed by atoms with Gasteiger partial charge in [0.05, 0.1) is 18.1 Å². The van der Waals surface area contributed by atoms with Gasteiger partial charge in [0, 0.05) is 23.1 Å². The van der Waals surface area contributed by atoms with Crippen molar-refractivity contribution in [2.24, 2.45) is 21.7 Å². The molecule has 0 aliphatic carbocycles. The van der Waals surface area contributed by atoms with Crippen LogP contribution in [-0.2, 0) is 9.53 Å². The van der Waals surface area contributed by atoms with Crippen LogP contribution in [0, 0.1) is 21.7 Å². The minimum atomic E-state index is -5.06. The summed E-state index contributed by atoms with van der Waals surface area (Å²) in [6.07, 6.45) is -9.52. The molecule has 2 aromatic carbocycles. The second kappa shape index (κ2) is 13.0. The molecule has 0 saturated carbocycles. The molecule has 0 N–H and O–H groups in total. The van der Waals surface area contributed by atoms with Gasteiger partial charge in [-0.25, -0.2) is 4.79 Å². The molecule has 1 aromatic heterocycles. The van der Waals surface area contributed by atoms with Crippen molar-refractivity contribution in [2.45, 2.75) is 74.3 Å². The van der Waals surface area contributed by atoms with Crippen molar-refractivity contribution in [3.63, 3.8) is 0 Å². The zero-order valence-corrected chi connectivity index (χ0v) is 27.8. The van der Waals surface area contributed by atoms with Crippen molar-refractivity contribution < 1.29 is 54.5 Å². The van der Waals surface area contributed by atoms with Gasteiger partial charge in [-0.05, 0) is 61.4 Å². The molecule has 0 aliphatic heterocycles. The summed E-state index contributed by atoms with van der Waals surface area (Å²) in [6.45, 7) is 11.9. The Morgan fingerprint density at radius 2 is 1.40 bits per heavy atom. The number of carbonyl (C=O) groups is 1. The lowest BCUT2D eigenvalue weighted by molar-refractivity contribution is -0.274. The predicted molar refractivity (Wildman–Crippen MR) is 163 cm³/mol. The Kier molecular flexibility index (Phi) is 10.3. The third-order valence-corrected chi connectivity index (χ3v) is 8.17. The highest BCUT2D eigenvalue weighted by Crippen LogP contribution is 2.48. The van der Waals surface area contributed by atoms with E-state index in [1.54, 1.807) is 6.92 Å². The molecule has 3 aromatic rings. The van der Waals surface area contributed by atoms with Crippen molar-refractivity contribution in [1.29, 1.82) is 0 Å². The Balaban J connectivity index is 1.88. The van der Waals surface area contributed by atoms with E-state index in [1.165, 1.54) is 43.5 Å². The number of hydrogen-bond donors (Lipinski definition) is 0. The van der Waals surface area contributed by atoms with E-state index in [0.717, 1.165) is 13.0 Å². The highest BCUT2D eigenvalue weighted by molar-refractivity contribution is 5.84. The van der Waals surface area contributed by atoms with Gasteiger partial charge in [-0.15, -0.1) is 13.2 Å². The van der Waals surface area contributed by atoms with Crippen molar-refractivity contribution in [2.75, 3.05) is 20.3 Å². The zero-order valence-electron chi connectivity index (χ0n) is 27.8. The van der Waals surface area contributed by atoms with Gasteiger partial charge < -0.3 is 23.4 Å². The molecule has 3 rings (SSSR count). The second-order valence-corrected chi connectivity index (χ2v) is 14.3. The quantitative estimate of drug-likeness (QED) is 0.120. The van der Waals surface area contributed by atoms with Crippen molar-refractivity contribution in [3.8, 4) is 28.4 Å². The van der Waals surface area contributed by atoms with Crippen LogP contribution in [0.5, 0.6) is 17.2 Å². The van der Waals surface area contributed by atoms with Crippen LogP contribution >= 0.6 is 0 Å². The average Bonchev–Trinajstić information content (AvgIpc) is 2.91. The lowest BCUT2D eigenvalue weighted by atomic mass is 9.61. The van der Waals surface area contributed by atoms with Gasteiger partial charge in [0.15, 0.2) is 0 Å². The molecular formula is C34H40F6O7. The number of esters is 1. The standard InChI is InChI=1S/C34H40F6O7/c1-29(2,3)17-32(8,30(4,5)6)28(42)45-19-31(7,33(35,36)37)18-44-22-11-10-20-14-24(27(41)46-25(20)16-22)23-13-12-21(43-9)15-26(23)47-34(38,39)40/h10-16H,17-19H2,1-9H3. The average molecular weight is 675 g/mol. The Morgan fingerprint density at radius 1 is 0.787 bits per heavy atom. The molecule has 0 bridgehead atoms. The van der Waals surface area contributed by atoms with Crippen molar-refractivity contribution in [1.82, 2.24) is 0 Å². The van der Waals surface area contributed by atoms with Crippen LogP contribution in [-0.4, -0.2) is 38.8 Å².